The van der Waals surface area contributed by atoms with Crippen LogP contribution in [0.4, 0.5) is 11.6 Å². The van der Waals surface area contributed by atoms with Crippen molar-refractivity contribution in [2.45, 2.75) is 34.2 Å². The van der Waals surface area contributed by atoms with Gasteiger partial charge in [0.15, 0.2) is 5.65 Å². The first-order chi connectivity index (χ1) is 18.7. The molecule has 0 unspecified atom stereocenters. The summed E-state index contributed by atoms with van der Waals surface area (Å²) in [5.41, 5.74) is 7.91. The second-order valence-electron chi connectivity index (χ2n) is 10.4. The zero-order valence-corrected chi connectivity index (χ0v) is 23.4. The molecule has 1 N–H and O–H groups in total. The van der Waals surface area contributed by atoms with Gasteiger partial charge in [-0.15, -0.1) is 0 Å². The molecule has 11 nitrogen and oxygen atoms in total. The first-order valence-corrected chi connectivity index (χ1v) is 13.3. The van der Waals surface area contributed by atoms with E-state index in [0.717, 1.165) is 75.2 Å². The molecule has 0 atom stereocenters. The zero-order valence-electron chi connectivity index (χ0n) is 23.4. The Labute approximate surface area is 227 Å². The predicted molar refractivity (Wildman–Crippen MR) is 152 cm³/mol. The lowest BCUT2D eigenvalue weighted by molar-refractivity contribution is -0.129. The highest BCUT2D eigenvalue weighted by molar-refractivity contribution is 5.91. The maximum absolute atomic E-state index is 11.9. The number of rotatable bonds is 5. The molecule has 5 aromatic rings. The number of aromatic nitrogens is 7. The van der Waals surface area contributed by atoms with Crippen LogP contribution in [0.25, 0.3) is 27.7 Å². The molecule has 5 heterocycles. The van der Waals surface area contributed by atoms with Crippen LogP contribution in [0.5, 0.6) is 0 Å². The van der Waals surface area contributed by atoms with Gasteiger partial charge in [-0.1, -0.05) is 6.07 Å². The second kappa shape index (κ2) is 9.40. The van der Waals surface area contributed by atoms with Gasteiger partial charge >= 0.3 is 0 Å². The molecule has 1 aromatic carbocycles. The van der Waals surface area contributed by atoms with Crippen molar-refractivity contribution in [1.82, 2.24) is 39.1 Å². The second-order valence-corrected chi connectivity index (χ2v) is 10.4. The smallest absolute Gasteiger partial charge is 0.219 e. The fourth-order valence-corrected chi connectivity index (χ4v) is 5.59. The molecule has 1 aliphatic rings. The Bertz CT molecular complexity index is 1720. The van der Waals surface area contributed by atoms with Crippen LogP contribution in [0, 0.1) is 20.8 Å². The van der Waals surface area contributed by atoms with Crippen LogP contribution in [0.2, 0.25) is 0 Å². The number of carbonyl (C=O) groups is 1. The standard InChI is InChI=1S/C28H34N10O/c1-17-13-22(34(5)31-17)16-29-25-15-26(37-11-9-36(10-12-37)20(4)39)30-28-27(19(3)33-38(25)28)21-7-8-24-23(14-21)18(2)32-35(24)6/h7-8,13-15,29H,9-12,16H2,1-6H3. The van der Waals surface area contributed by atoms with Crippen molar-refractivity contribution in [3.05, 3.63) is 53.1 Å². The van der Waals surface area contributed by atoms with E-state index >= 15 is 0 Å². The molecule has 39 heavy (non-hydrogen) atoms. The van der Waals surface area contributed by atoms with Gasteiger partial charge in [0.1, 0.15) is 11.6 Å². The minimum Gasteiger partial charge on any atom is -0.364 e. The van der Waals surface area contributed by atoms with Crippen molar-refractivity contribution in [1.29, 1.82) is 0 Å². The van der Waals surface area contributed by atoms with Crippen LogP contribution >= 0.6 is 0 Å². The summed E-state index contributed by atoms with van der Waals surface area (Å²) in [6, 6.07) is 10.6. The highest BCUT2D eigenvalue weighted by atomic mass is 16.2. The largest absolute Gasteiger partial charge is 0.364 e. The van der Waals surface area contributed by atoms with Crippen LogP contribution in [0.15, 0.2) is 30.3 Å². The summed E-state index contributed by atoms with van der Waals surface area (Å²) in [5.74, 6) is 1.84. The minimum atomic E-state index is 0.113. The average molecular weight is 527 g/mol. The third kappa shape index (κ3) is 4.37. The van der Waals surface area contributed by atoms with Gasteiger partial charge in [0.2, 0.25) is 5.91 Å². The van der Waals surface area contributed by atoms with Gasteiger partial charge in [-0.25, -0.2) is 4.98 Å². The lowest BCUT2D eigenvalue weighted by Gasteiger charge is -2.35. The van der Waals surface area contributed by atoms with E-state index in [-0.39, 0.29) is 5.91 Å². The van der Waals surface area contributed by atoms with Crippen LogP contribution in [-0.2, 0) is 25.4 Å². The predicted octanol–water partition coefficient (Wildman–Crippen LogP) is 3.22. The van der Waals surface area contributed by atoms with Gasteiger partial charge in [-0.2, -0.15) is 19.8 Å². The maximum atomic E-state index is 11.9. The SMILES string of the molecule is CC(=O)N1CCN(c2cc(NCc3cc(C)nn3C)n3nc(C)c(-c4ccc5c(c4)c(C)nn5C)c3n2)CC1. The molecule has 1 fully saturated rings. The Morgan fingerprint density at radius 2 is 1.69 bits per heavy atom. The third-order valence-electron chi connectivity index (χ3n) is 7.67. The molecule has 0 aliphatic carbocycles. The first kappa shape index (κ1) is 24.9. The normalized spacial score (nSPS) is 14.1. The molecule has 0 radical (unpaired) electrons. The Kier molecular flexibility index (Phi) is 6.00. The zero-order chi connectivity index (χ0) is 27.4. The Morgan fingerprint density at radius 1 is 0.923 bits per heavy atom. The van der Waals surface area contributed by atoms with Gasteiger partial charge in [-0.05, 0) is 44.5 Å². The summed E-state index contributed by atoms with van der Waals surface area (Å²) in [6.07, 6.45) is 0. The highest BCUT2D eigenvalue weighted by Crippen LogP contribution is 2.33. The number of nitrogens with zero attached hydrogens (tertiary/aromatic N) is 9. The topological polar surface area (TPSA) is 101 Å². The number of fused-ring (bicyclic) bond motifs is 2. The summed E-state index contributed by atoms with van der Waals surface area (Å²) in [4.78, 5) is 21.2. The summed E-state index contributed by atoms with van der Waals surface area (Å²) >= 11 is 0. The molecule has 11 heteroatoms. The third-order valence-corrected chi connectivity index (χ3v) is 7.67. The van der Waals surface area contributed by atoms with E-state index in [4.69, 9.17) is 10.1 Å². The number of benzene rings is 1. The lowest BCUT2D eigenvalue weighted by atomic mass is 10.0. The summed E-state index contributed by atoms with van der Waals surface area (Å²) < 4.78 is 5.72. The molecule has 4 aromatic heterocycles. The molecule has 0 saturated carbocycles. The van der Waals surface area contributed by atoms with Gasteiger partial charge in [0.25, 0.3) is 0 Å². The molecule has 1 aliphatic heterocycles. The quantitative estimate of drug-likeness (QED) is 0.375. The summed E-state index contributed by atoms with van der Waals surface area (Å²) in [5, 5.41) is 18.7. The molecular formula is C28H34N10O. The van der Waals surface area contributed by atoms with E-state index in [9.17, 15) is 4.79 Å². The molecule has 1 saturated heterocycles. The number of anilines is 2. The number of carbonyl (C=O) groups excluding carboxylic acids is 1. The summed E-state index contributed by atoms with van der Waals surface area (Å²) in [7, 11) is 3.93. The van der Waals surface area contributed by atoms with Crippen molar-refractivity contribution >= 4 is 34.1 Å². The number of aryl methyl sites for hydroxylation is 5. The van der Waals surface area contributed by atoms with E-state index in [1.54, 1.807) is 6.92 Å². The van der Waals surface area contributed by atoms with E-state index < -0.39 is 0 Å². The fourth-order valence-electron chi connectivity index (χ4n) is 5.59. The number of nitrogens with one attached hydrogen (secondary N) is 1. The Morgan fingerprint density at radius 3 is 2.38 bits per heavy atom. The van der Waals surface area contributed by atoms with Gasteiger partial charge in [0, 0.05) is 64.2 Å². The molecule has 1 amide bonds. The van der Waals surface area contributed by atoms with Crippen LogP contribution in [0.3, 0.4) is 0 Å². The lowest BCUT2D eigenvalue weighted by Crippen LogP contribution is -2.48. The van der Waals surface area contributed by atoms with Crippen LogP contribution in [0.1, 0.15) is 29.7 Å². The first-order valence-electron chi connectivity index (χ1n) is 13.3. The van der Waals surface area contributed by atoms with Gasteiger partial charge in [0.05, 0.1) is 34.8 Å². The molecule has 0 spiro atoms. The molecule has 202 valence electrons. The maximum Gasteiger partial charge on any atom is 0.219 e. The van der Waals surface area contributed by atoms with Crippen molar-refractivity contribution in [2.24, 2.45) is 14.1 Å². The number of piperazine rings is 1. The van der Waals surface area contributed by atoms with E-state index in [0.29, 0.717) is 19.6 Å². The molecule has 0 bridgehead atoms. The van der Waals surface area contributed by atoms with E-state index in [1.807, 2.05) is 53.6 Å². The van der Waals surface area contributed by atoms with E-state index in [2.05, 4.69) is 50.7 Å². The monoisotopic (exact) mass is 526 g/mol. The van der Waals surface area contributed by atoms with Crippen molar-refractivity contribution in [3.8, 4) is 11.1 Å². The Hall–Kier alpha value is -4.41. The summed E-state index contributed by atoms with van der Waals surface area (Å²) in [6.45, 7) is 11.1. The van der Waals surface area contributed by atoms with Crippen LogP contribution < -0.4 is 10.2 Å². The molecule has 6 rings (SSSR count). The number of hydrogen-bond acceptors (Lipinski definition) is 7. The van der Waals surface area contributed by atoms with Gasteiger partial charge < -0.3 is 15.1 Å². The van der Waals surface area contributed by atoms with Crippen molar-refractivity contribution < 1.29 is 4.79 Å². The number of hydrogen-bond donors (Lipinski definition) is 1. The number of amides is 1. The van der Waals surface area contributed by atoms with Crippen molar-refractivity contribution in [3.63, 3.8) is 0 Å². The highest BCUT2D eigenvalue weighted by Gasteiger charge is 2.23. The van der Waals surface area contributed by atoms with Gasteiger partial charge in [-0.3, -0.25) is 14.2 Å². The van der Waals surface area contributed by atoms with E-state index in [1.165, 1.54) is 0 Å². The minimum absolute atomic E-state index is 0.113. The Balaban J connectivity index is 1.46. The average Bonchev–Trinajstić information content (AvgIpc) is 3.52. The fraction of sp³-hybridized carbons (Fsp3) is 0.393. The van der Waals surface area contributed by atoms with Crippen LogP contribution in [-0.4, -0.2) is 71.1 Å². The van der Waals surface area contributed by atoms with Crippen molar-refractivity contribution in [2.75, 3.05) is 36.4 Å². The molecular weight excluding hydrogens is 492 g/mol.